The van der Waals surface area contributed by atoms with Gasteiger partial charge in [-0.05, 0) is 75.8 Å². The van der Waals surface area contributed by atoms with Crippen molar-refractivity contribution in [2.24, 2.45) is 22.2 Å². The van der Waals surface area contributed by atoms with Gasteiger partial charge < -0.3 is 9.30 Å². The first-order valence-electron chi connectivity index (χ1n) is 13.3. The number of rotatable bonds is 7. The summed E-state index contributed by atoms with van der Waals surface area (Å²) in [6.07, 6.45) is 6.35. The van der Waals surface area contributed by atoms with Gasteiger partial charge in [-0.25, -0.2) is 0 Å². The molecule has 2 saturated carbocycles. The molecule has 1 aromatic heterocycles. The monoisotopic (exact) mass is 523 g/mol. The Balaban J connectivity index is 0.00000180. The number of nitrogens with zero attached hydrogens (tertiary/aromatic N) is 1. The van der Waals surface area contributed by atoms with E-state index in [1.807, 2.05) is 0 Å². The van der Waals surface area contributed by atoms with Crippen LogP contribution in [0.2, 0.25) is 0 Å². The predicted molar refractivity (Wildman–Crippen MR) is 168 cm³/mol. The summed E-state index contributed by atoms with van der Waals surface area (Å²) in [6.45, 7) is 13.5. The number of aromatic nitrogens is 1. The zero-order valence-electron chi connectivity index (χ0n) is 21.9. The van der Waals surface area contributed by atoms with E-state index >= 15 is 0 Å². The molecule has 1 heterocycles. The number of fused-ring (bicyclic) bond motifs is 5. The molecule has 3 aromatic rings. The Bertz CT molecular complexity index is 1170. The Morgan fingerprint density at radius 2 is 1.50 bits per heavy atom. The number of carbonyl (C=O) groups is 1. The predicted octanol–water partition coefficient (Wildman–Crippen LogP) is 10.9. The summed E-state index contributed by atoms with van der Waals surface area (Å²) >= 11 is 0. The zero-order chi connectivity index (χ0) is 24.3. The van der Waals surface area contributed by atoms with Gasteiger partial charge in [0, 0.05) is 33.3 Å². The second-order valence-electron chi connectivity index (χ2n) is 12.4. The molecule has 2 bridgehead atoms. The lowest BCUT2D eigenvalue weighted by Gasteiger charge is -2.39. The fourth-order valence-electron chi connectivity index (χ4n) is 7.09. The van der Waals surface area contributed by atoms with Gasteiger partial charge in [0.25, 0.3) is 0 Å². The second kappa shape index (κ2) is 11.8. The molecule has 3 heteroatoms. The minimum atomic E-state index is -0.492. The van der Waals surface area contributed by atoms with Crippen molar-refractivity contribution in [1.29, 1.82) is 0 Å². The van der Waals surface area contributed by atoms with E-state index in [4.69, 9.17) is 4.74 Å². The molecule has 214 valence electrons. The Morgan fingerprint density at radius 3 is 1.95 bits per heavy atom. The fourth-order valence-corrected chi connectivity index (χ4v) is 7.09. The smallest absolute Gasteiger partial charge is 0.311 e. The van der Waals surface area contributed by atoms with E-state index in [0.717, 1.165) is 25.7 Å². The minimum absolute atomic E-state index is 0. The number of hydrogen-bond acceptors (Lipinski definition) is 2. The molecule has 38 heavy (non-hydrogen) atoms. The lowest BCUT2D eigenvalue weighted by Crippen LogP contribution is -2.41. The van der Waals surface area contributed by atoms with Gasteiger partial charge in [0.1, 0.15) is 6.10 Å². The fraction of sp³-hybridized carbons (Fsp3) is 0.629. The highest BCUT2D eigenvalue weighted by molar-refractivity contribution is 6.08. The largest absolute Gasteiger partial charge is 0.461 e. The van der Waals surface area contributed by atoms with Crippen LogP contribution in [0.3, 0.4) is 0 Å². The van der Waals surface area contributed by atoms with E-state index < -0.39 is 5.41 Å². The molecular formula is C35H57NO2. The molecule has 0 amide bonds. The van der Waals surface area contributed by atoms with Crippen molar-refractivity contribution in [1.82, 2.24) is 4.57 Å². The number of carbonyl (C=O) groups excluding carboxylic acids is 1. The van der Waals surface area contributed by atoms with Gasteiger partial charge in [0.2, 0.25) is 0 Å². The van der Waals surface area contributed by atoms with Crippen LogP contribution in [0.5, 0.6) is 0 Å². The van der Waals surface area contributed by atoms with Crippen LogP contribution >= 0.6 is 0 Å². The molecule has 2 aliphatic carbocycles. The molecule has 0 N–H and O–H groups in total. The maximum atomic E-state index is 13.4. The second-order valence-corrected chi connectivity index (χ2v) is 12.4. The molecule has 0 spiro atoms. The molecule has 0 saturated heterocycles. The van der Waals surface area contributed by atoms with Crippen LogP contribution in [0.1, 0.15) is 116 Å². The summed E-state index contributed by atoms with van der Waals surface area (Å²) in [5.41, 5.74) is 2.44. The maximum absolute atomic E-state index is 13.4. The maximum Gasteiger partial charge on any atom is 0.311 e. The molecule has 4 atom stereocenters. The first-order valence-corrected chi connectivity index (χ1v) is 13.3. The normalized spacial score (nSPS) is 24.1. The van der Waals surface area contributed by atoms with E-state index in [0.29, 0.717) is 12.0 Å². The van der Waals surface area contributed by atoms with Gasteiger partial charge in [-0.2, -0.15) is 0 Å². The third-order valence-corrected chi connectivity index (χ3v) is 10.1. The summed E-state index contributed by atoms with van der Waals surface area (Å²) < 4.78 is 8.81. The number of hydrogen-bond donors (Lipinski definition) is 0. The van der Waals surface area contributed by atoms with Crippen molar-refractivity contribution < 1.29 is 9.53 Å². The van der Waals surface area contributed by atoms with Crippen molar-refractivity contribution in [3.8, 4) is 0 Å². The van der Waals surface area contributed by atoms with E-state index in [9.17, 15) is 4.79 Å². The molecule has 0 aliphatic heterocycles. The highest BCUT2D eigenvalue weighted by Gasteiger charge is 2.63. The highest BCUT2D eigenvalue weighted by Crippen LogP contribution is 2.66. The molecule has 2 fully saturated rings. The van der Waals surface area contributed by atoms with Crippen LogP contribution in [0, 0.1) is 22.2 Å². The van der Waals surface area contributed by atoms with Crippen LogP contribution in [0.4, 0.5) is 0 Å². The first kappa shape index (κ1) is 33.7. The summed E-state index contributed by atoms with van der Waals surface area (Å²) in [6, 6.07) is 17.7. The SMILES string of the molecule is C.C.C.C.CCC(CCC(C)(C)C(=O)OC1CC2CCC1(C)C2(C)C)n1c2ccccc2c2ccccc21. The molecule has 2 aliphatic rings. The zero-order valence-corrected chi connectivity index (χ0v) is 21.9. The van der Waals surface area contributed by atoms with Crippen molar-refractivity contribution >= 4 is 27.8 Å². The topological polar surface area (TPSA) is 31.2 Å². The van der Waals surface area contributed by atoms with E-state index in [1.54, 1.807) is 0 Å². The number of benzene rings is 2. The van der Waals surface area contributed by atoms with Crippen LogP contribution in [0.25, 0.3) is 21.8 Å². The molecule has 5 rings (SSSR count). The quantitative estimate of drug-likeness (QED) is 0.288. The Morgan fingerprint density at radius 1 is 0.974 bits per heavy atom. The Hall–Kier alpha value is -2.29. The molecule has 0 radical (unpaired) electrons. The molecule has 3 nitrogen and oxygen atoms in total. The summed E-state index contributed by atoms with van der Waals surface area (Å²) in [7, 11) is 0. The molecule has 4 unspecified atom stereocenters. The average Bonchev–Trinajstić information content (AvgIpc) is 3.33. The number of ether oxygens (including phenoxy) is 1. The molecule has 2 aromatic carbocycles. The molecular weight excluding hydrogens is 466 g/mol. The third kappa shape index (κ3) is 5.03. The minimum Gasteiger partial charge on any atom is -0.461 e. The summed E-state index contributed by atoms with van der Waals surface area (Å²) in [5.74, 6) is 0.664. The average molecular weight is 524 g/mol. The van der Waals surface area contributed by atoms with Gasteiger partial charge in [0.15, 0.2) is 0 Å². The van der Waals surface area contributed by atoms with Gasteiger partial charge in [-0.15, -0.1) is 0 Å². The van der Waals surface area contributed by atoms with Crippen LogP contribution in [0.15, 0.2) is 48.5 Å². The van der Waals surface area contributed by atoms with Crippen LogP contribution in [-0.2, 0) is 9.53 Å². The standard InChI is InChI=1S/C31H41NO2.4CH4/c1-7-22(32-25-14-10-8-12-23(25)24-13-9-11-15-26(24)32)17-18-29(2,3)28(33)34-27-20-21-16-19-31(27,6)30(21,4)5;;;;/h8-15,21-22,27H,7,16-20H2,1-6H3;4*1H4. The van der Waals surface area contributed by atoms with Crippen molar-refractivity contribution in [3.05, 3.63) is 48.5 Å². The lowest BCUT2D eigenvalue weighted by atomic mass is 9.70. The van der Waals surface area contributed by atoms with Crippen LogP contribution < -0.4 is 0 Å². The Labute approximate surface area is 234 Å². The summed E-state index contributed by atoms with van der Waals surface area (Å²) in [4.78, 5) is 13.4. The van der Waals surface area contributed by atoms with Gasteiger partial charge in [-0.3, -0.25) is 4.79 Å². The lowest BCUT2D eigenvalue weighted by molar-refractivity contribution is -0.168. The number of para-hydroxylation sites is 2. The Kier molecular flexibility index (Phi) is 10.5. The van der Waals surface area contributed by atoms with Crippen molar-refractivity contribution in [2.45, 2.75) is 122 Å². The number of esters is 1. The van der Waals surface area contributed by atoms with Gasteiger partial charge >= 0.3 is 5.97 Å². The van der Waals surface area contributed by atoms with Crippen molar-refractivity contribution in [2.75, 3.05) is 0 Å². The van der Waals surface area contributed by atoms with E-state index in [-0.39, 0.29) is 52.6 Å². The summed E-state index contributed by atoms with van der Waals surface area (Å²) in [5, 5.41) is 2.62. The van der Waals surface area contributed by atoms with E-state index in [1.165, 1.54) is 34.6 Å². The van der Waals surface area contributed by atoms with E-state index in [2.05, 4.69) is 94.6 Å². The van der Waals surface area contributed by atoms with Gasteiger partial charge in [0.05, 0.1) is 5.41 Å². The highest BCUT2D eigenvalue weighted by atomic mass is 16.5. The van der Waals surface area contributed by atoms with Crippen molar-refractivity contribution in [3.63, 3.8) is 0 Å². The van der Waals surface area contributed by atoms with Crippen LogP contribution in [-0.4, -0.2) is 16.6 Å². The first-order chi connectivity index (χ1) is 16.1. The van der Waals surface area contributed by atoms with Gasteiger partial charge in [-0.1, -0.05) is 93.8 Å². The third-order valence-electron chi connectivity index (χ3n) is 10.1.